The van der Waals surface area contributed by atoms with Gasteiger partial charge in [-0.15, -0.1) is 0 Å². The van der Waals surface area contributed by atoms with E-state index in [-0.39, 0.29) is 5.75 Å². The maximum atomic E-state index is 11.8. The summed E-state index contributed by atoms with van der Waals surface area (Å²) in [5, 5.41) is 0. The molecular formula is C12H20N2O2S. The van der Waals surface area contributed by atoms with Gasteiger partial charge in [0.2, 0.25) is 10.0 Å². The van der Waals surface area contributed by atoms with E-state index in [0.29, 0.717) is 18.7 Å². The van der Waals surface area contributed by atoms with E-state index in [1.165, 1.54) is 4.31 Å². The summed E-state index contributed by atoms with van der Waals surface area (Å²) in [6, 6.07) is 7.47. The van der Waals surface area contributed by atoms with Crippen molar-refractivity contribution in [3.8, 4) is 0 Å². The van der Waals surface area contributed by atoms with Gasteiger partial charge in [-0.05, 0) is 37.1 Å². The molecular weight excluding hydrogens is 236 g/mol. The molecule has 1 aromatic rings. The first-order valence-corrected chi connectivity index (χ1v) is 7.37. The number of hydrogen-bond acceptors (Lipinski definition) is 3. The molecule has 0 aliphatic carbocycles. The lowest BCUT2D eigenvalue weighted by molar-refractivity contribution is 0.593. The van der Waals surface area contributed by atoms with E-state index in [9.17, 15) is 8.42 Å². The van der Waals surface area contributed by atoms with Crippen LogP contribution in [0, 0.1) is 0 Å². The highest BCUT2D eigenvalue weighted by atomic mass is 32.2. The van der Waals surface area contributed by atoms with Crippen LogP contribution in [-0.2, 0) is 16.4 Å². The third-order valence-corrected chi connectivity index (χ3v) is 4.58. The quantitative estimate of drug-likeness (QED) is 0.836. The monoisotopic (exact) mass is 256 g/mol. The summed E-state index contributed by atoms with van der Waals surface area (Å²) in [6.45, 7) is 2.46. The van der Waals surface area contributed by atoms with Crippen LogP contribution in [0.5, 0.6) is 0 Å². The van der Waals surface area contributed by atoms with Crippen molar-refractivity contribution >= 4 is 15.7 Å². The molecule has 0 fully saturated rings. The molecule has 0 aromatic heterocycles. The van der Waals surface area contributed by atoms with Crippen LogP contribution in [0.25, 0.3) is 0 Å². The Morgan fingerprint density at radius 3 is 2.29 bits per heavy atom. The van der Waals surface area contributed by atoms with Crippen LogP contribution in [0.4, 0.5) is 5.69 Å². The minimum absolute atomic E-state index is 0.175. The molecule has 0 aliphatic rings. The Labute approximate surface area is 103 Å². The van der Waals surface area contributed by atoms with Gasteiger partial charge in [-0.3, -0.25) is 4.31 Å². The number of nitrogens with zero attached hydrogens (tertiary/aromatic N) is 1. The zero-order valence-electron chi connectivity index (χ0n) is 10.4. The Morgan fingerprint density at radius 2 is 1.82 bits per heavy atom. The highest BCUT2D eigenvalue weighted by Crippen LogP contribution is 2.17. The smallest absolute Gasteiger partial charge is 0.234 e. The van der Waals surface area contributed by atoms with Gasteiger partial charge in [-0.1, -0.05) is 19.1 Å². The second-order valence-corrected chi connectivity index (χ2v) is 6.11. The summed E-state index contributed by atoms with van der Waals surface area (Å²) < 4.78 is 25.0. The minimum Gasteiger partial charge on any atom is -0.330 e. The van der Waals surface area contributed by atoms with Gasteiger partial charge in [0.05, 0.1) is 11.4 Å². The molecule has 0 aliphatic heterocycles. The largest absolute Gasteiger partial charge is 0.330 e. The molecule has 1 rings (SSSR count). The zero-order valence-corrected chi connectivity index (χ0v) is 11.2. The van der Waals surface area contributed by atoms with E-state index in [1.54, 1.807) is 7.05 Å². The average molecular weight is 256 g/mol. The lowest BCUT2D eigenvalue weighted by Crippen LogP contribution is -2.28. The molecule has 0 saturated heterocycles. The Morgan fingerprint density at radius 1 is 1.24 bits per heavy atom. The molecule has 17 heavy (non-hydrogen) atoms. The fourth-order valence-corrected chi connectivity index (χ4v) is 2.83. The summed E-state index contributed by atoms with van der Waals surface area (Å²) in [7, 11) is -1.59. The molecule has 0 amide bonds. The molecule has 5 heteroatoms. The molecule has 0 radical (unpaired) electrons. The predicted octanol–water partition coefficient (Wildman–Crippen LogP) is 1.36. The molecule has 96 valence electrons. The van der Waals surface area contributed by atoms with Gasteiger partial charge < -0.3 is 5.73 Å². The van der Waals surface area contributed by atoms with Gasteiger partial charge in [-0.2, -0.15) is 0 Å². The lowest BCUT2D eigenvalue weighted by atomic mass is 10.1. The Bertz CT molecular complexity index is 440. The highest BCUT2D eigenvalue weighted by Gasteiger charge is 2.16. The third kappa shape index (κ3) is 3.71. The summed E-state index contributed by atoms with van der Waals surface area (Å²) >= 11 is 0. The van der Waals surface area contributed by atoms with Gasteiger partial charge in [0.25, 0.3) is 0 Å². The average Bonchev–Trinajstić information content (AvgIpc) is 2.29. The first-order chi connectivity index (χ1) is 8.01. The van der Waals surface area contributed by atoms with Gasteiger partial charge >= 0.3 is 0 Å². The maximum absolute atomic E-state index is 11.8. The third-order valence-electron chi connectivity index (χ3n) is 2.61. The van der Waals surface area contributed by atoms with Crippen LogP contribution in [0.15, 0.2) is 24.3 Å². The van der Waals surface area contributed by atoms with Crippen molar-refractivity contribution in [1.82, 2.24) is 0 Å². The van der Waals surface area contributed by atoms with Crippen molar-refractivity contribution in [2.24, 2.45) is 5.73 Å². The second kappa shape index (κ2) is 6.02. The number of benzene rings is 1. The van der Waals surface area contributed by atoms with Gasteiger partial charge in [-0.25, -0.2) is 8.42 Å². The molecule has 0 unspecified atom stereocenters. The van der Waals surface area contributed by atoms with Crippen molar-refractivity contribution < 1.29 is 8.42 Å². The van der Waals surface area contributed by atoms with Gasteiger partial charge in [0.1, 0.15) is 0 Å². The highest BCUT2D eigenvalue weighted by molar-refractivity contribution is 7.92. The SMILES string of the molecule is CCCS(=O)(=O)N(C)c1ccc(CCN)cc1. The van der Waals surface area contributed by atoms with E-state index in [4.69, 9.17) is 5.73 Å². The lowest BCUT2D eigenvalue weighted by Gasteiger charge is -2.19. The van der Waals surface area contributed by atoms with E-state index in [1.807, 2.05) is 31.2 Å². The van der Waals surface area contributed by atoms with Crippen LogP contribution in [0.2, 0.25) is 0 Å². The van der Waals surface area contributed by atoms with Crippen molar-refractivity contribution in [3.63, 3.8) is 0 Å². The van der Waals surface area contributed by atoms with Crippen molar-refractivity contribution in [2.45, 2.75) is 19.8 Å². The van der Waals surface area contributed by atoms with Crippen molar-refractivity contribution in [2.75, 3.05) is 23.7 Å². The summed E-state index contributed by atoms with van der Waals surface area (Å²) in [4.78, 5) is 0. The molecule has 1 aromatic carbocycles. The van der Waals surface area contributed by atoms with Crippen molar-refractivity contribution in [3.05, 3.63) is 29.8 Å². The first-order valence-electron chi connectivity index (χ1n) is 5.77. The van der Waals surface area contributed by atoms with Gasteiger partial charge in [0.15, 0.2) is 0 Å². The molecule has 4 nitrogen and oxygen atoms in total. The van der Waals surface area contributed by atoms with Crippen LogP contribution in [0.3, 0.4) is 0 Å². The number of rotatable bonds is 6. The van der Waals surface area contributed by atoms with Crippen molar-refractivity contribution in [1.29, 1.82) is 0 Å². The standard InChI is InChI=1S/C12H20N2O2S/c1-3-10-17(15,16)14(2)12-6-4-11(5-7-12)8-9-13/h4-7H,3,8-10,13H2,1-2H3. The number of sulfonamides is 1. The summed E-state index contributed by atoms with van der Waals surface area (Å²) in [5.41, 5.74) is 7.28. The Kier molecular flexibility index (Phi) is 4.96. The topological polar surface area (TPSA) is 63.4 Å². The molecule has 0 spiro atoms. The number of nitrogens with two attached hydrogens (primary N) is 1. The Hall–Kier alpha value is -1.07. The predicted molar refractivity (Wildman–Crippen MR) is 71.7 cm³/mol. The molecule has 0 bridgehead atoms. The van der Waals surface area contributed by atoms with Crippen LogP contribution in [0.1, 0.15) is 18.9 Å². The van der Waals surface area contributed by atoms with E-state index < -0.39 is 10.0 Å². The number of anilines is 1. The molecule has 2 N–H and O–H groups in total. The zero-order chi connectivity index (χ0) is 12.9. The van der Waals surface area contributed by atoms with Crippen LogP contribution < -0.4 is 10.0 Å². The minimum atomic E-state index is -3.18. The summed E-state index contributed by atoms with van der Waals surface area (Å²) in [6.07, 6.45) is 1.43. The second-order valence-electron chi connectivity index (χ2n) is 3.99. The van der Waals surface area contributed by atoms with E-state index >= 15 is 0 Å². The fourth-order valence-electron chi connectivity index (χ4n) is 1.59. The van der Waals surface area contributed by atoms with E-state index in [2.05, 4.69) is 0 Å². The molecule has 0 saturated carbocycles. The van der Waals surface area contributed by atoms with Crippen LogP contribution in [-0.4, -0.2) is 27.8 Å². The molecule has 0 heterocycles. The fraction of sp³-hybridized carbons (Fsp3) is 0.500. The summed E-state index contributed by atoms with van der Waals surface area (Å²) in [5.74, 6) is 0.175. The maximum Gasteiger partial charge on any atom is 0.234 e. The first kappa shape index (κ1) is 14.0. The molecule has 0 atom stereocenters. The Balaban J connectivity index is 2.86. The van der Waals surface area contributed by atoms with Gasteiger partial charge in [0, 0.05) is 7.05 Å². The van der Waals surface area contributed by atoms with E-state index in [0.717, 1.165) is 12.0 Å². The number of hydrogen-bond donors (Lipinski definition) is 1. The van der Waals surface area contributed by atoms with Crippen LogP contribution >= 0.6 is 0 Å². The normalized spacial score (nSPS) is 11.5.